The average molecular weight is 411 g/mol. The van der Waals surface area contributed by atoms with Gasteiger partial charge in [-0.1, -0.05) is 42.5 Å². The maximum Gasteiger partial charge on any atom is 0.236 e. The molecule has 2 saturated heterocycles. The van der Waals surface area contributed by atoms with E-state index in [0.29, 0.717) is 18.3 Å². The van der Waals surface area contributed by atoms with Crippen LogP contribution < -0.4 is 4.90 Å². The van der Waals surface area contributed by atoms with Crippen LogP contribution in [0.4, 0.5) is 10.1 Å². The van der Waals surface area contributed by atoms with Gasteiger partial charge in [0, 0.05) is 58.4 Å². The SMILES string of the molecule is C[C@@H](c1ccccc1)N1CCN(C(=O)CN2CCN(c3ccccc3F)CC2)CC1. The topological polar surface area (TPSA) is 30.0 Å². The van der Waals surface area contributed by atoms with Crippen LogP contribution in [-0.2, 0) is 4.79 Å². The van der Waals surface area contributed by atoms with Gasteiger partial charge >= 0.3 is 0 Å². The molecule has 0 spiro atoms. The minimum absolute atomic E-state index is 0.176. The zero-order chi connectivity index (χ0) is 20.9. The number of rotatable bonds is 5. The molecule has 0 aliphatic carbocycles. The second-order valence-corrected chi connectivity index (χ2v) is 8.22. The van der Waals surface area contributed by atoms with E-state index in [1.165, 1.54) is 11.6 Å². The standard InChI is InChI=1S/C24H31FN4O/c1-20(21-7-3-2-4-8-21)27-15-17-29(18-16-27)24(30)19-26-11-13-28(14-12-26)23-10-6-5-9-22(23)25/h2-10,20H,11-19H2,1H3/t20-/m0/s1. The molecule has 5 nitrogen and oxygen atoms in total. The lowest BCUT2D eigenvalue weighted by atomic mass is 10.1. The molecule has 1 amide bonds. The molecule has 6 heteroatoms. The summed E-state index contributed by atoms with van der Waals surface area (Å²) in [4.78, 5) is 21.5. The summed E-state index contributed by atoms with van der Waals surface area (Å²) >= 11 is 0. The van der Waals surface area contributed by atoms with Crippen LogP contribution in [0.5, 0.6) is 0 Å². The summed E-state index contributed by atoms with van der Waals surface area (Å²) in [6.45, 7) is 9.13. The van der Waals surface area contributed by atoms with E-state index in [4.69, 9.17) is 0 Å². The van der Waals surface area contributed by atoms with E-state index in [0.717, 1.165) is 52.4 Å². The van der Waals surface area contributed by atoms with Crippen LogP contribution in [0.25, 0.3) is 0 Å². The van der Waals surface area contributed by atoms with Crippen molar-refractivity contribution in [1.82, 2.24) is 14.7 Å². The number of nitrogens with zero attached hydrogens (tertiary/aromatic N) is 4. The van der Waals surface area contributed by atoms with Gasteiger partial charge in [-0.05, 0) is 24.6 Å². The Hall–Kier alpha value is -2.44. The van der Waals surface area contributed by atoms with E-state index in [9.17, 15) is 9.18 Å². The van der Waals surface area contributed by atoms with Crippen molar-refractivity contribution in [1.29, 1.82) is 0 Å². The summed E-state index contributed by atoms with van der Waals surface area (Å²) in [6.07, 6.45) is 0. The van der Waals surface area contributed by atoms with Crippen molar-refractivity contribution >= 4 is 11.6 Å². The first-order valence-electron chi connectivity index (χ1n) is 10.9. The molecule has 2 aliphatic heterocycles. The number of hydrogen-bond donors (Lipinski definition) is 0. The molecule has 2 aromatic rings. The molecule has 4 rings (SSSR count). The number of carbonyl (C=O) groups excluding carboxylic acids is 1. The molecular formula is C24H31FN4O. The molecule has 0 N–H and O–H groups in total. The molecule has 2 heterocycles. The fourth-order valence-electron chi connectivity index (χ4n) is 4.45. The highest BCUT2D eigenvalue weighted by Gasteiger charge is 2.27. The second-order valence-electron chi connectivity index (χ2n) is 8.22. The monoisotopic (exact) mass is 410 g/mol. The predicted octanol–water partition coefficient (Wildman–Crippen LogP) is 2.85. The minimum atomic E-state index is -0.176. The molecule has 0 radical (unpaired) electrons. The summed E-state index contributed by atoms with van der Waals surface area (Å²) in [5, 5.41) is 0. The number of amides is 1. The number of carbonyl (C=O) groups is 1. The van der Waals surface area contributed by atoms with E-state index in [2.05, 4.69) is 45.9 Å². The molecule has 0 aromatic heterocycles. The highest BCUT2D eigenvalue weighted by Crippen LogP contribution is 2.22. The number of hydrogen-bond acceptors (Lipinski definition) is 4. The predicted molar refractivity (Wildman–Crippen MR) is 118 cm³/mol. The highest BCUT2D eigenvalue weighted by atomic mass is 19.1. The van der Waals surface area contributed by atoms with Gasteiger partial charge in [0.05, 0.1) is 12.2 Å². The fourth-order valence-corrected chi connectivity index (χ4v) is 4.45. The van der Waals surface area contributed by atoms with Gasteiger partial charge in [-0.25, -0.2) is 4.39 Å². The first-order valence-corrected chi connectivity index (χ1v) is 10.9. The summed E-state index contributed by atoms with van der Waals surface area (Å²) < 4.78 is 14.0. The quantitative estimate of drug-likeness (QED) is 0.758. The minimum Gasteiger partial charge on any atom is -0.367 e. The van der Waals surface area contributed by atoms with Crippen LogP contribution in [-0.4, -0.2) is 79.5 Å². The van der Waals surface area contributed by atoms with Crippen molar-refractivity contribution in [3.63, 3.8) is 0 Å². The number of piperazine rings is 2. The normalized spacial score (nSPS) is 19.7. The van der Waals surface area contributed by atoms with Gasteiger partial charge in [0.1, 0.15) is 5.82 Å². The summed E-state index contributed by atoms with van der Waals surface area (Å²) in [5.41, 5.74) is 1.98. The average Bonchev–Trinajstić information content (AvgIpc) is 2.80. The highest BCUT2D eigenvalue weighted by molar-refractivity contribution is 5.78. The molecular weight excluding hydrogens is 379 g/mol. The summed E-state index contributed by atoms with van der Waals surface area (Å²) in [5.74, 6) is 0.0333. The maximum absolute atomic E-state index is 14.0. The van der Waals surface area contributed by atoms with Crippen LogP contribution in [0.1, 0.15) is 18.5 Å². The Labute approximate surface area is 178 Å². The number of anilines is 1. The lowest BCUT2D eigenvalue weighted by Crippen LogP contribution is -2.54. The molecule has 160 valence electrons. The van der Waals surface area contributed by atoms with Crippen molar-refractivity contribution in [2.45, 2.75) is 13.0 Å². The van der Waals surface area contributed by atoms with Crippen LogP contribution >= 0.6 is 0 Å². The molecule has 1 atom stereocenters. The summed E-state index contributed by atoms with van der Waals surface area (Å²) in [6, 6.07) is 17.8. The Morgan fingerprint density at radius 2 is 1.50 bits per heavy atom. The van der Waals surface area contributed by atoms with Gasteiger partial charge < -0.3 is 9.80 Å². The lowest BCUT2D eigenvalue weighted by molar-refractivity contribution is -0.134. The van der Waals surface area contributed by atoms with Crippen molar-refractivity contribution < 1.29 is 9.18 Å². The van der Waals surface area contributed by atoms with E-state index in [1.54, 1.807) is 6.07 Å². The number of para-hydroxylation sites is 1. The van der Waals surface area contributed by atoms with Crippen molar-refractivity contribution in [2.24, 2.45) is 0 Å². The van der Waals surface area contributed by atoms with E-state index in [-0.39, 0.29) is 11.7 Å². The Bertz CT molecular complexity index is 830. The molecule has 30 heavy (non-hydrogen) atoms. The maximum atomic E-state index is 14.0. The van der Waals surface area contributed by atoms with Crippen LogP contribution in [0.3, 0.4) is 0 Å². The van der Waals surface area contributed by atoms with Gasteiger partial charge in [-0.3, -0.25) is 14.6 Å². The second kappa shape index (κ2) is 9.58. The first kappa shape index (κ1) is 20.8. The smallest absolute Gasteiger partial charge is 0.236 e. The molecule has 2 aliphatic rings. The van der Waals surface area contributed by atoms with E-state index >= 15 is 0 Å². The van der Waals surface area contributed by atoms with Crippen molar-refractivity contribution in [2.75, 3.05) is 63.8 Å². The van der Waals surface area contributed by atoms with Gasteiger partial charge in [-0.15, -0.1) is 0 Å². The Balaban J connectivity index is 1.22. The van der Waals surface area contributed by atoms with E-state index in [1.807, 2.05) is 23.1 Å². The molecule has 0 bridgehead atoms. The third-order valence-corrected chi connectivity index (χ3v) is 6.42. The number of benzene rings is 2. The first-order chi connectivity index (χ1) is 14.6. The summed E-state index contributed by atoms with van der Waals surface area (Å²) in [7, 11) is 0. The van der Waals surface area contributed by atoms with Crippen molar-refractivity contribution in [3.05, 3.63) is 66.0 Å². The Kier molecular flexibility index (Phi) is 6.65. The van der Waals surface area contributed by atoms with Crippen LogP contribution in [0.15, 0.2) is 54.6 Å². The third kappa shape index (κ3) is 4.82. The Morgan fingerprint density at radius 1 is 0.867 bits per heavy atom. The fraction of sp³-hybridized carbons (Fsp3) is 0.458. The number of halogens is 1. The molecule has 0 unspecified atom stereocenters. The largest absolute Gasteiger partial charge is 0.367 e. The van der Waals surface area contributed by atoms with Gasteiger partial charge in [0.15, 0.2) is 0 Å². The molecule has 2 aromatic carbocycles. The van der Waals surface area contributed by atoms with Crippen LogP contribution in [0.2, 0.25) is 0 Å². The van der Waals surface area contributed by atoms with Gasteiger partial charge in [0.2, 0.25) is 5.91 Å². The lowest BCUT2D eigenvalue weighted by Gasteiger charge is -2.40. The molecule has 2 fully saturated rings. The van der Waals surface area contributed by atoms with Crippen LogP contribution in [0, 0.1) is 5.82 Å². The van der Waals surface area contributed by atoms with E-state index < -0.39 is 0 Å². The molecule has 0 saturated carbocycles. The van der Waals surface area contributed by atoms with Gasteiger partial charge in [-0.2, -0.15) is 0 Å². The van der Waals surface area contributed by atoms with Gasteiger partial charge in [0.25, 0.3) is 0 Å². The Morgan fingerprint density at radius 3 is 2.17 bits per heavy atom. The van der Waals surface area contributed by atoms with Crippen molar-refractivity contribution in [3.8, 4) is 0 Å². The zero-order valence-electron chi connectivity index (χ0n) is 17.7. The zero-order valence-corrected chi connectivity index (χ0v) is 17.7. The third-order valence-electron chi connectivity index (χ3n) is 6.42.